The molecule has 16 heteroatoms. The number of nitrogens with zero attached hydrogens (tertiary/aromatic N) is 1. The Morgan fingerprint density at radius 2 is 1.33 bits per heavy atom. The topological polar surface area (TPSA) is 295 Å². The highest BCUT2D eigenvalue weighted by molar-refractivity contribution is 5.96. The van der Waals surface area contributed by atoms with Crippen LogP contribution in [0.5, 0.6) is 0 Å². The molecule has 0 heterocycles. The largest absolute Gasteiger partial charge is 0.481 e. The van der Waals surface area contributed by atoms with E-state index in [0.717, 1.165) is 0 Å². The van der Waals surface area contributed by atoms with E-state index >= 15 is 0 Å². The van der Waals surface area contributed by atoms with Crippen LogP contribution >= 0.6 is 0 Å². The fourth-order valence-corrected chi connectivity index (χ4v) is 3.00. The SMILES string of the molecule is CC(C)CC(N)C(=O)NC(CC(=O)O)C(=O)NC(CCCN=C(N)N)C(=O)NC(CC(N)=O)C(=O)O. The molecular weight excluding hydrogens is 480 g/mol. The third kappa shape index (κ3) is 13.7. The summed E-state index contributed by atoms with van der Waals surface area (Å²) < 4.78 is 0. The van der Waals surface area contributed by atoms with E-state index < -0.39 is 72.6 Å². The average molecular weight is 517 g/mol. The van der Waals surface area contributed by atoms with Crippen molar-refractivity contribution in [3.63, 3.8) is 0 Å². The van der Waals surface area contributed by atoms with E-state index in [-0.39, 0.29) is 37.7 Å². The van der Waals surface area contributed by atoms with Gasteiger partial charge in [0, 0.05) is 6.54 Å². The molecule has 0 aromatic rings. The second kappa shape index (κ2) is 15.9. The van der Waals surface area contributed by atoms with E-state index in [0.29, 0.717) is 0 Å². The lowest BCUT2D eigenvalue weighted by molar-refractivity contribution is -0.144. The van der Waals surface area contributed by atoms with E-state index in [4.69, 9.17) is 22.9 Å². The summed E-state index contributed by atoms with van der Waals surface area (Å²) in [4.78, 5) is 75.5. The summed E-state index contributed by atoms with van der Waals surface area (Å²) in [6.07, 6.45) is -1.19. The van der Waals surface area contributed by atoms with Crippen LogP contribution in [0.2, 0.25) is 0 Å². The minimum Gasteiger partial charge on any atom is -0.481 e. The fraction of sp³-hybridized carbons (Fsp3) is 0.650. The molecule has 0 radical (unpaired) electrons. The summed E-state index contributed by atoms with van der Waals surface area (Å²) in [5.41, 5.74) is 21.3. The number of primary amides is 1. The molecule has 204 valence electrons. The van der Waals surface area contributed by atoms with Gasteiger partial charge in [-0.25, -0.2) is 4.79 Å². The zero-order valence-electron chi connectivity index (χ0n) is 20.2. The predicted molar refractivity (Wildman–Crippen MR) is 127 cm³/mol. The van der Waals surface area contributed by atoms with Crippen molar-refractivity contribution in [3.05, 3.63) is 0 Å². The van der Waals surface area contributed by atoms with Gasteiger partial charge in [-0.1, -0.05) is 13.8 Å². The number of carbonyl (C=O) groups excluding carboxylic acids is 4. The van der Waals surface area contributed by atoms with Gasteiger partial charge in [-0.2, -0.15) is 0 Å². The zero-order chi connectivity index (χ0) is 28.0. The van der Waals surface area contributed by atoms with Gasteiger partial charge in [0.2, 0.25) is 23.6 Å². The Balaban J connectivity index is 5.67. The van der Waals surface area contributed by atoms with Crippen molar-refractivity contribution in [2.75, 3.05) is 6.54 Å². The number of guanidine groups is 1. The molecule has 0 rings (SSSR count). The Kier molecular flexibility index (Phi) is 14.1. The van der Waals surface area contributed by atoms with Crippen molar-refractivity contribution < 1.29 is 39.0 Å². The van der Waals surface area contributed by atoms with E-state index in [2.05, 4.69) is 20.9 Å². The van der Waals surface area contributed by atoms with Gasteiger partial charge >= 0.3 is 11.9 Å². The maximum atomic E-state index is 12.8. The molecule has 0 spiro atoms. The molecule has 16 nitrogen and oxygen atoms in total. The first-order chi connectivity index (χ1) is 16.6. The van der Waals surface area contributed by atoms with Crippen molar-refractivity contribution in [1.29, 1.82) is 0 Å². The van der Waals surface area contributed by atoms with Crippen LogP contribution in [0.4, 0.5) is 0 Å². The zero-order valence-corrected chi connectivity index (χ0v) is 20.2. The van der Waals surface area contributed by atoms with Crippen LogP contribution in [-0.4, -0.2) is 82.5 Å². The second-order valence-corrected chi connectivity index (χ2v) is 8.47. The molecule has 4 atom stereocenters. The Morgan fingerprint density at radius 3 is 1.81 bits per heavy atom. The fourth-order valence-electron chi connectivity index (χ4n) is 3.00. The van der Waals surface area contributed by atoms with E-state index in [1.165, 1.54) is 0 Å². The average Bonchev–Trinajstić information content (AvgIpc) is 2.73. The van der Waals surface area contributed by atoms with Crippen molar-refractivity contribution in [2.45, 2.75) is 70.1 Å². The van der Waals surface area contributed by atoms with Gasteiger partial charge in [0.15, 0.2) is 5.96 Å². The van der Waals surface area contributed by atoms with Gasteiger partial charge in [0.1, 0.15) is 18.1 Å². The lowest BCUT2D eigenvalue weighted by Crippen LogP contribution is -2.57. The summed E-state index contributed by atoms with van der Waals surface area (Å²) in [6.45, 7) is 3.70. The smallest absolute Gasteiger partial charge is 0.326 e. The monoisotopic (exact) mass is 516 g/mol. The van der Waals surface area contributed by atoms with Gasteiger partial charge in [-0.15, -0.1) is 0 Å². The summed E-state index contributed by atoms with van der Waals surface area (Å²) in [5, 5.41) is 25.1. The molecule has 36 heavy (non-hydrogen) atoms. The highest BCUT2D eigenvalue weighted by Gasteiger charge is 2.31. The number of rotatable bonds is 17. The molecule has 4 amide bonds. The molecule has 0 fully saturated rings. The Bertz CT molecular complexity index is 844. The van der Waals surface area contributed by atoms with Gasteiger partial charge in [0.05, 0.1) is 18.9 Å². The van der Waals surface area contributed by atoms with Gasteiger partial charge < -0.3 is 49.1 Å². The molecule has 4 unspecified atom stereocenters. The van der Waals surface area contributed by atoms with Gasteiger partial charge in [-0.3, -0.25) is 29.0 Å². The third-order valence-corrected chi connectivity index (χ3v) is 4.67. The molecule has 0 aromatic carbocycles. The quantitative estimate of drug-likeness (QED) is 0.0514. The van der Waals surface area contributed by atoms with Crippen molar-refractivity contribution in [2.24, 2.45) is 33.8 Å². The van der Waals surface area contributed by atoms with Crippen molar-refractivity contribution in [3.8, 4) is 0 Å². The lowest BCUT2D eigenvalue weighted by Gasteiger charge is -2.24. The first-order valence-electron chi connectivity index (χ1n) is 11.1. The van der Waals surface area contributed by atoms with Crippen molar-refractivity contribution >= 4 is 41.5 Å². The Labute approximate surface area is 207 Å². The summed E-state index contributed by atoms with van der Waals surface area (Å²) in [5.74, 6) is -6.86. The molecule has 0 aliphatic heterocycles. The lowest BCUT2D eigenvalue weighted by atomic mass is 10.0. The highest BCUT2D eigenvalue weighted by Crippen LogP contribution is 2.06. The predicted octanol–water partition coefficient (Wildman–Crippen LogP) is -3.70. The number of aliphatic carboxylic acids is 2. The van der Waals surface area contributed by atoms with Crippen LogP contribution in [0.1, 0.15) is 46.0 Å². The van der Waals surface area contributed by atoms with Crippen LogP contribution in [0.25, 0.3) is 0 Å². The summed E-state index contributed by atoms with van der Waals surface area (Å²) >= 11 is 0. The molecule has 0 saturated heterocycles. The molecule has 0 aromatic heterocycles. The Hall–Kier alpha value is -3.95. The van der Waals surface area contributed by atoms with E-state index in [9.17, 15) is 39.0 Å². The molecule has 0 aliphatic rings. The normalized spacial score (nSPS) is 14.0. The van der Waals surface area contributed by atoms with Crippen LogP contribution in [0, 0.1) is 5.92 Å². The Morgan fingerprint density at radius 1 is 0.806 bits per heavy atom. The van der Waals surface area contributed by atoms with Gasteiger partial charge in [-0.05, 0) is 25.2 Å². The molecule has 0 saturated carbocycles. The number of hydrogen-bond donors (Lipinski definition) is 9. The first-order valence-corrected chi connectivity index (χ1v) is 11.1. The minimum atomic E-state index is -1.67. The van der Waals surface area contributed by atoms with E-state index in [1.54, 1.807) is 0 Å². The molecular formula is C20H36N8O8. The van der Waals surface area contributed by atoms with Crippen molar-refractivity contribution in [1.82, 2.24) is 16.0 Å². The summed E-state index contributed by atoms with van der Waals surface area (Å²) in [6, 6.07) is -5.64. The second-order valence-electron chi connectivity index (χ2n) is 8.47. The molecule has 0 bridgehead atoms. The van der Waals surface area contributed by atoms with Crippen LogP contribution in [0.3, 0.4) is 0 Å². The van der Waals surface area contributed by atoms with E-state index in [1.807, 2.05) is 13.8 Å². The maximum absolute atomic E-state index is 12.8. The molecule has 13 N–H and O–H groups in total. The minimum absolute atomic E-state index is 0.0541. The highest BCUT2D eigenvalue weighted by atomic mass is 16.4. The number of carboxylic acid groups (broad SMARTS) is 2. The number of amides is 4. The number of carboxylic acids is 2. The van der Waals surface area contributed by atoms with Gasteiger partial charge in [0.25, 0.3) is 0 Å². The van der Waals surface area contributed by atoms with Crippen LogP contribution in [-0.2, 0) is 28.8 Å². The first kappa shape index (κ1) is 32.0. The van der Waals surface area contributed by atoms with Crippen LogP contribution in [0.15, 0.2) is 4.99 Å². The summed E-state index contributed by atoms with van der Waals surface area (Å²) in [7, 11) is 0. The maximum Gasteiger partial charge on any atom is 0.326 e. The molecule has 0 aliphatic carbocycles. The third-order valence-electron chi connectivity index (χ3n) is 4.67. The number of hydrogen-bond acceptors (Lipinski definition) is 8. The number of nitrogens with two attached hydrogens (primary N) is 4. The standard InChI is InChI=1S/C20H36N8O8/c1-9(2)6-10(21)16(32)27-12(8-15(30)31)18(34)26-11(4-3-5-25-20(23)24)17(33)28-13(19(35)36)7-14(22)29/h9-13H,3-8,21H2,1-2H3,(H2,22,29)(H,26,34)(H,27,32)(H,28,33)(H,30,31)(H,35,36)(H4,23,24,25). The number of nitrogens with one attached hydrogen (secondary N) is 3. The number of carbonyl (C=O) groups is 6. The number of aliphatic imine (C=N–C) groups is 1. The van der Waals surface area contributed by atoms with Crippen LogP contribution < -0.4 is 38.9 Å².